The highest BCUT2D eigenvalue weighted by Gasteiger charge is 2.29. The topological polar surface area (TPSA) is 53.5 Å². The quantitative estimate of drug-likeness (QED) is 0.796. The van der Waals surface area contributed by atoms with E-state index in [1.807, 2.05) is 5.38 Å². The van der Waals surface area contributed by atoms with Crippen molar-refractivity contribution in [3.63, 3.8) is 0 Å². The van der Waals surface area contributed by atoms with Crippen LogP contribution in [0.25, 0.3) is 11.3 Å². The smallest absolute Gasteiger partial charge is 0.213 e. The summed E-state index contributed by atoms with van der Waals surface area (Å²) >= 11 is 1.56. The van der Waals surface area contributed by atoms with Gasteiger partial charge in [0.25, 0.3) is 0 Å². The average molecular weight is 384 g/mol. The maximum Gasteiger partial charge on any atom is 0.213 e. The number of aromatic nitrogens is 1. The van der Waals surface area contributed by atoms with E-state index in [0.717, 1.165) is 42.3 Å². The number of anilines is 1. The predicted octanol–water partition coefficient (Wildman–Crippen LogP) is 3.20. The molecular weight excluding hydrogens is 361 g/mol. The third-order valence-electron chi connectivity index (χ3n) is 4.68. The SMILES string of the molecule is CCS(=O)(=O)N(C)C1CCN(c2nc(-c3ccc(F)cc3)cs2)CC1. The molecule has 2 heterocycles. The maximum atomic E-state index is 13.0. The zero-order valence-electron chi connectivity index (χ0n) is 14.4. The van der Waals surface area contributed by atoms with Crippen LogP contribution >= 0.6 is 11.3 Å². The Morgan fingerprint density at radius 2 is 1.92 bits per heavy atom. The number of benzene rings is 1. The molecule has 0 radical (unpaired) electrons. The van der Waals surface area contributed by atoms with Gasteiger partial charge in [-0.1, -0.05) is 0 Å². The summed E-state index contributed by atoms with van der Waals surface area (Å²) in [5.74, 6) is -0.121. The van der Waals surface area contributed by atoms with Gasteiger partial charge in [-0.05, 0) is 44.0 Å². The maximum absolute atomic E-state index is 13.0. The molecular formula is C17H22FN3O2S2. The van der Waals surface area contributed by atoms with E-state index in [-0.39, 0.29) is 17.6 Å². The van der Waals surface area contributed by atoms with Crippen molar-refractivity contribution in [3.05, 3.63) is 35.5 Å². The Bertz CT molecular complexity index is 813. The van der Waals surface area contributed by atoms with Crippen LogP contribution in [0, 0.1) is 5.82 Å². The van der Waals surface area contributed by atoms with E-state index in [9.17, 15) is 12.8 Å². The molecule has 1 fully saturated rings. The van der Waals surface area contributed by atoms with Crippen LogP contribution in [-0.4, -0.2) is 49.6 Å². The summed E-state index contributed by atoms with van der Waals surface area (Å²) in [6.45, 7) is 3.24. The Kier molecular flexibility index (Phi) is 5.41. The first-order valence-corrected chi connectivity index (χ1v) is 10.8. The van der Waals surface area contributed by atoms with Gasteiger partial charge < -0.3 is 4.90 Å². The van der Waals surface area contributed by atoms with Gasteiger partial charge in [0, 0.05) is 37.1 Å². The standard InChI is InChI=1S/C17H22FN3O2S2/c1-3-25(22,23)20(2)15-8-10-21(11-9-15)17-19-16(12-24-17)13-4-6-14(18)7-5-13/h4-7,12,15H,3,8-11H2,1-2H3. The van der Waals surface area contributed by atoms with Crippen molar-refractivity contribution < 1.29 is 12.8 Å². The molecule has 1 aromatic heterocycles. The fourth-order valence-corrected chi connectivity index (χ4v) is 4.98. The predicted molar refractivity (Wildman–Crippen MR) is 100.0 cm³/mol. The molecule has 0 N–H and O–H groups in total. The first-order valence-electron chi connectivity index (χ1n) is 8.33. The lowest BCUT2D eigenvalue weighted by molar-refractivity contribution is 0.312. The molecule has 3 rings (SSSR count). The summed E-state index contributed by atoms with van der Waals surface area (Å²) in [5, 5.41) is 2.90. The van der Waals surface area contributed by atoms with E-state index in [2.05, 4.69) is 9.88 Å². The number of sulfonamides is 1. The highest BCUT2D eigenvalue weighted by atomic mass is 32.2. The average Bonchev–Trinajstić information content (AvgIpc) is 3.12. The van der Waals surface area contributed by atoms with Crippen LogP contribution in [-0.2, 0) is 10.0 Å². The number of hydrogen-bond donors (Lipinski definition) is 0. The molecule has 0 bridgehead atoms. The first kappa shape index (κ1) is 18.3. The largest absolute Gasteiger partial charge is 0.348 e. The zero-order chi connectivity index (χ0) is 18.0. The Morgan fingerprint density at radius 3 is 2.52 bits per heavy atom. The number of halogens is 1. The van der Waals surface area contributed by atoms with Gasteiger partial charge in [-0.15, -0.1) is 11.3 Å². The van der Waals surface area contributed by atoms with E-state index >= 15 is 0 Å². The van der Waals surface area contributed by atoms with Crippen molar-refractivity contribution in [2.75, 3.05) is 30.8 Å². The van der Waals surface area contributed by atoms with Gasteiger partial charge in [-0.25, -0.2) is 22.1 Å². The highest BCUT2D eigenvalue weighted by Crippen LogP contribution is 2.30. The molecule has 0 atom stereocenters. The third-order valence-corrected chi connectivity index (χ3v) is 7.49. The monoisotopic (exact) mass is 383 g/mol. The van der Waals surface area contributed by atoms with Crippen LogP contribution in [0.2, 0.25) is 0 Å². The van der Waals surface area contributed by atoms with E-state index < -0.39 is 10.0 Å². The minimum atomic E-state index is -3.14. The lowest BCUT2D eigenvalue weighted by atomic mass is 10.1. The van der Waals surface area contributed by atoms with Crippen molar-refractivity contribution in [3.8, 4) is 11.3 Å². The number of rotatable bonds is 5. The number of nitrogens with zero attached hydrogens (tertiary/aromatic N) is 3. The van der Waals surface area contributed by atoms with Crippen LogP contribution in [0.5, 0.6) is 0 Å². The fraction of sp³-hybridized carbons (Fsp3) is 0.471. The summed E-state index contributed by atoms with van der Waals surface area (Å²) in [4.78, 5) is 6.85. The fourth-order valence-electron chi connectivity index (χ4n) is 3.01. The summed E-state index contributed by atoms with van der Waals surface area (Å²) in [5.41, 5.74) is 1.74. The van der Waals surface area contributed by atoms with Crippen LogP contribution in [0.4, 0.5) is 9.52 Å². The Balaban J connectivity index is 1.65. The molecule has 0 saturated carbocycles. The minimum absolute atomic E-state index is 0.0535. The van der Waals surface area contributed by atoms with Gasteiger partial charge >= 0.3 is 0 Å². The van der Waals surface area contributed by atoms with Gasteiger partial charge in [0.1, 0.15) is 5.82 Å². The molecule has 1 aromatic carbocycles. The molecule has 5 nitrogen and oxygen atoms in total. The first-order chi connectivity index (χ1) is 11.9. The van der Waals surface area contributed by atoms with Crippen molar-refractivity contribution in [2.45, 2.75) is 25.8 Å². The van der Waals surface area contributed by atoms with Gasteiger partial charge in [0.2, 0.25) is 10.0 Å². The molecule has 8 heteroatoms. The normalized spacial score (nSPS) is 16.6. The number of hydrogen-bond acceptors (Lipinski definition) is 5. The zero-order valence-corrected chi connectivity index (χ0v) is 16.0. The number of thiazole rings is 1. The van der Waals surface area contributed by atoms with E-state index in [1.165, 1.54) is 16.4 Å². The van der Waals surface area contributed by atoms with Gasteiger partial charge in [-0.3, -0.25) is 0 Å². The van der Waals surface area contributed by atoms with Crippen LogP contribution in [0.3, 0.4) is 0 Å². The summed E-state index contributed by atoms with van der Waals surface area (Å²) in [6.07, 6.45) is 1.59. The lowest BCUT2D eigenvalue weighted by Gasteiger charge is -2.35. The summed E-state index contributed by atoms with van der Waals surface area (Å²) < 4.78 is 38.6. The minimum Gasteiger partial charge on any atom is -0.348 e. The van der Waals surface area contributed by atoms with Crippen molar-refractivity contribution in [1.82, 2.24) is 9.29 Å². The van der Waals surface area contributed by atoms with Gasteiger partial charge in [0.05, 0.1) is 11.4 Å². The van der Waals surface area contributed by atoms with Crippen molar-refractivity contribution in [2.24, 2.45) is 0 Å². The Hall–Kier alpha value is -1.51. The molecule has 0 aliphatic carbocycles. The van der Waals surface area contributed by atoms with Crippen LogP contribution in [0.15, 0.2) is 29.6 Å². The van der Waals surface area contributed by atoms with Crippen molar-refractivity contribution >= 4 is 26.5 Å². The molecule has 1 aliphatic rings. The van der Waals surface area contributed by atoms with Crippen LogP contribution < -0.4 is 4.90 Å². The lowest BCUT2D eigenvalue weighted by Crippen LogP contribution is -2.46. The van der Waals surface area contributed by atoms with E-state index in [1.54, 1.807) is 37.4 Å². The molecule has 0 unspecified atom stereocenters. The Morgan fingerprint density at radius 1 is 1.28 bits per heavy atom. The second-order valence-electron chi connectivity index (χ2n) is 6.16. The summed E-state index contributed by atoms with van der Waals surface area (Å²) in [7, 11) is -1.47. The number of piperidine rings is 1. The molecule has 1 saturated heterocycles. The highest BCUT2D eigenvalue weighted by molar-refractivity contribution is 7.89. The second-order valence-corrected chi connectivity index (χ2v) is 9.31. The molecule has 25 heavy (non-hydrogen) atoms. The van der Waals surface area contributed by atoms with Gasteiger partial charge in [0.15, 0.2) is 5.13 Å². The van der Waals surface area contributed by atoms with Crippen LogP contribution in [0.1, 0.15) is 19.8 Å². The second kappa shape index (κ2) is 7.39. The summed E-state index contributed by atoms with van der Waals surface area (Å²) in [6, 6.07) is 6.38. The van der Waals surface area contributed by atoms with Gasteiger partial charge in [-0.2, -0.15) is 0 Å². The molecule has 1 aliphatic heterocycles. The third kappa shape index (κ3) is 4.02. The van der Waals surface area contributed by atoms with Crippen molar-refractivity contribution in [1.29, 1.82) is 0 Å². The molecule has 2 aromatic rings. The Labute approximate surface area is 152 Å². The van der Waals surface area contributed by atoms with E-state index in [4.69, 9.17) is 0 Å². The molecule has 0 spiro atoms. The molecule has 0 amide bonds. The molecule has 136 valence electrons. The van der Waals surface area contributed by atoms with E-state index in [0.29, 0.717) is 0 Å².